The number of rotatable bonds is 3. The zero-order chi connectivity index (χ0) is 14.8. The molecule has 0 aliphatic carbocycles. The molecule has 2 aromatic rings. The van der Waals surface area contributed by atoms with Gasteiger partial charge in [0.05, 0.1) is 16.1 Å². The van der Waals surface area contributed by atoms with Crippen LogP contribution in [0.2, 0.25) is 0 Å². The quantitative estimate of drug-likeness (QED) is 0.846. The van der Waals surface area contributed by atoms with Crippen LogP contribution in [-0.4, -0.2) is 8.42 Å². The van der Waals surface area contributed by atoms with Gasteiger partial charge in [0.15, 0.2) is 0 Å². The van der Waals surface area contributed by atoms with E-state index in [0.29, 0.717) is 5.69 Å². The first-order valence-corrected chi connectivity index (χ1v) is 6.99. The molecular formula is C13H10FN3O2S. The highest BCUT2D eigenvalue weighted by molar-refractivity contribution is 7.92. The van der Waals surface area contributed by atoms with Crippen molar-refractivity contribution in [2.45, 2.75) is 4.90 Å². The van der Waals surface area contributed by atoms with E-state index in [0.717, 1.165) is 12.1 Å². The SMILES string of the molecule is N#Cc1cc(NS(=O)(=O)c2cccc(N)c2)ccc1F. The number of hydrogen-bond acceptors (Lipinski definition) is 4. The first kappa shape index (κ1) is 13.8. The van der Waals surface area contributed by atoms with E-state index in [1.54, 1.807) is 12.1 Å². The van der Waals surface area contributed by atoms with Crippen molar-refractivity contribution in [2.24, 2.45) is 0 Å². The Hall–Kier alpha value is -2.59. The lowest BCUT2D eigenvalue weighted by Crippen LogP contribution is -2.13. The van der Waals surface area contributed by atoms with Gasteiger partial charge in [0, 0.05) is 5.69 Å². The number of benzene rings is 2. The van der Waals surface area contributed by atoms with Crippen LogP contribution in [0.15, 0.2) is 47.4 Å². The van der Waals surface area contributed by atoms with Gasteiger partial charge in [-0.2, -0.15) is 5.26 Å². The van der Waals surface area contributed by atoms with Crippen LogP contribution in [0.3, 0.4) is 0 Å². The molecule has 0 amide bonds. The van der Waals surface area contributed by atoms with Gasteiger partial charge in [0.25, 0.3) is 10.0 Å². The highest BCUT2D eigenvalue weighted by Gasteiger charge is 2.15. The van der Waals surface area contributed by atoms with Crippen LogP contribution in [0.4, 0.5) is 15.8 Å². The Morgan fingerprint density at radius 1 is 1.20 bits per heavy atom. The molecule has 0 aliphatic rings. The highest BCUT2D eigenvalue weighted by atomic mass is 32.2. The molecule has 0 bridgehead atoms. The van der Waals surface area contributed by atoms with Crippen molar-refractivity contribution in [1.82, 2.24) is 0 Å². The van der Waals surface area contributed by atoms with Crippen LogP contribution >= 0.6 is 0 Å². The Labute approximate surface area is 115 Å². The first-order valence-electron chi connectivity index (χ1n) is 5.50. The number of halogens is 1. The highest BCUT2D eigenvalue weighted by Crippen LogP contribution is 2.19. The molecule has 102 valence electrons. The van der Waals surface area contributed by atoms with Crippen molar-refractivity contribution >= 4 is 21.4 Å². The van der Waals surface area contributed by atoms with E-state index in [1.807, 2.05) is 0 Å². The molecule has 0 fully saturated rings. The van der Waals surface area contributed by atoms with Crippen molar-refractivity contribution in [3.63, 3.8) is 0 Å². The van der Waals surface area contributed by atoms with Crippen LogP contribution in [0.25, 0.3) is 0 Å². The van der Waals surface area contributed by atoms with Crippen molar-refractivity contribution in [3.05, 3.63) is 53.8 Å². The second-order valence-corrected chi connectivity index (χ2v) is 5.67. The predicted octanol–water partition coefficient (Wildman–Crippen LogP) is 2.08. The molecule has 5 nitrogen and oxygen atoms in total. The number of nitrogens with two attached hydrogens (primary N) is 1. The number of sulfonamides is 1. The molecule has 0 aliphatic heterocycles. The number of hydrogen-bond donors (Lipinski definition) is 2. The van der Waals surface area contributed by atoms with E-state index in [2.05, 4.69) is 4.72 Å². The molecule has 0 heterocycles. The number of nitrogen functional groups attached to an aromatic ring is 1. The van der Waals surface area contributed by atoms with Crippen LogP contribution in [-0.2, 0) is 10.0 Å². The van der Waals surface area contributed by atoms with Crippen molar-refractivity contribution in [1.29, 1.82) is 5.26 Å². The number of nitrogens with zero attached hydrogens (tertiary/aromatic N) is 1. The van der Waals surface area contributed by atoms with E-state index in [4.69, 9.17) is 11.0 Å². The predicted molar refractivity (Wildman–Crippen MR) is 72.8 cm³/mol. The van der Waals surface area contributed by atoms with Gasteiger partial charge in [-0.25, -0.2) is 12.8 Å². The van der Waals surface area contributed by atoms with Gasteiger partial charge in [-0.3, -0.25) is 4.72 Å². The van der Waals surface area contributed by atoms with Crippen LogP contribution < -0.4 is 10.5 Å². The third kappa shape index (κ3) is 2.87. The number of anilines is 2. The Morgan fingerprint density at radius 2 is 1.95 bits per heavy atom. The molecule has 7 heteroatoms. The van der Waals surface area contributed by atoms with Crippen LogP contribution in [0.5, 0.6) is 0 Å². The maximum atomic E-state index is 13.2. The molecule has 0 saturated carbocycles. The topological polar surface area (TPSA) is 96.0 Å². The third-order valence-electron chi connectivity index (χ3n) is 2.51. The van der Waals surface area contributed by atoms with E-state index < -0.39 is 15.8 Å². The molecule has 20 heavy (non-hydrogen) atoms. The second-order valence-electron chi connectivity index (χ2n) is 3.98. The zero-order valence-corrected chi connectivity index (χ0v) is 11.0. The molecule has 2 aromatic carbocycles. The standard InChI is InChI=1S/C13H10FN3O2S/c14-13-5-4-11(6-9(13)8-15)17-20(18,19)12-3-1-2-10(16)7-12/h1-7,17H,16H2. The number of nitriles is 1. The minimum Gasteiger partial charge on any atom is -0.399 e. The molecular weight excluding hydrogens is 281 g/mol. The van der Waals surface area contributed by atoms with Gasteiger partial charge in [-0.15, -0.1) is 0 Å². The summed E-state index contributed by atoms with van der Waals surface area (Å²) >= 11 is 0. The Bertz CT molecular complexity index is 798. The average Bonchev–Trinajstić information content (AvgIpc) is 2.40. The van der Waals surface area contributed by atoms with E-state index in [1.165, 1.54) is 24.3 Å². The lowest BCUT2D eigenvalue weighted by atomic mass is 10.2. The lowest BCUT2D eigenvalue weighted by Gasteiger charge is -2.09. The maximum Gasteiger partial charge on any atom is 0.261 e. The molecule has 0 radical (unpaired) electrons. The Kier molecular flexibility index (Phi) is 3.59. The fourth-order valence-corrected chi connectivity index (χ4v) is 2.67. The normalized spacial score (nSPS) is 10.8. The van der Waals surface area contributed by atoms with Gasteiger partial charge in [-0.1, -0.05) is 6.07 Å². The van der Waals surface area contributed by atoms with Crippen molar-refractivity contribution in [2.75, 3.05) is 10.5 Å². The smallest absolute Gasteiger partial charge is 0.261 e. The summed E-state index contributed by atoms with van der Waals surface area (Å²) < 4.78 is 39.6. The summed E-state index contributed by atoms with van der Waals surface area (Å²) in [6, 6.07) is 10.8. The fraction of sp³-hybridized carbons (Fsp3) is 0. The van der Waals surface area contributed by atoms with Gasteiger partial charge >= 0.3 is 0 Å². The first-order chi connectivity index (χ1) is 9.42. The molecule has 0 aromatic heterocycles. The van der Waals surface area contributed by atoms with Gasteiger partial charge in [0.2, 0.25) is 0 Å². The summed E-state index contributed by atoms with van der Waals surface area (Å²) in [4.78, 5) is -0.0136. The molecule has 3 N–H and O–H groups in total. The summed E-state index contributed by atoms with van der Waals surface area (Å²) in [6.07, 6.45) is 0. The zero-order valence-electron chi connectivity index (χ0n) is 10.2. The third-order valence-corrected chi connectivity index (χ3v) is 3.89. The van der Waals surface area contributed by atoms with Gasteiger partial charge < -0.3 is 5.73 Å². The Balaban J connectivity index is 2.36. The van der Waals surface area contributed by atoms with Gasteiger partial charge in [0.1, 0.15) is 11.9 Å². The van der Waals surface area contributed by atoms with Crippen molar-refractivity contribution < 1.29 is 12.8 Å². The number of nitrogens with one attached hydrogen (secondary N) is 1. The molecule has 0 spiro atoms. The molecule has 0 unspecified atom stereocenters. The fourth-order valence-electron chi connectivity index (χ4n) is 1.57. The average molecular weight is 291 g/mol. The van der Waals surface area contributed by atoms with E-state index in [9.17, 15) is 12.8 Å². The largest absolute Gasteiger partial charge is 0.399 e. The lowest BCUT2D eigenvalue weighted by molar-refractivity contribution is 0.601. The van der Waals surface area contributed by atoms with Crippen LogP contribution in [0.1, 0.15) is 5.56 Å². The van der Waals surface area contributed by atoms with Crippen LogP contribution in [0, 0.1) is 17.1 Å². The van der Waals surface area contributed by atoms with Gasteiger partial charge in [-0.05, 0) is 36.4 Å². The second kappa shape index (κ2) is 5.19. The Morgan fingerprint density at radius 3 is 2.60 bits per heavy atom. The minimum absolute atomic E-state index is 0.0136. The summed E-state index contributed by atoms with van der Waals surface area (Å²) in [7, 11) is -3.84. The van der Waals surface area contributed by atoms with E-state index in [-0.39, 0.29) is 16.1 Å². The monoisotopic (exact) mass is 291 g/mol. The summed E-state index contributed by atoms with van der Waals surface area (Å²) in [6.45, 7) is 0. The molecule has 2 rings (SSSR count). The van der Waals surface area contributed by atoms with E-state index >= 15 is 0 Å². The summed E-state index contributed by atoms with van der Waals surface area (Å²) in [5.41, 5.74) is 5.70. The molecule has 0 atom stereocenters. The molecule has 0 saturated heterocycles. The summed E-state index contributed by atoms with van der Waals surface area (Å²) in [5.74, 6) is -0.709. The van der Waals surface area contributed by atoms with Crippen molar-refractivity contribution in [3.8, 4) is 6.07 Å². The maximum absolute atomic E-state index is 13.2. The minimum atomic E-state index is -3.84. The summed E-state index contributed by atoms with van der Waals surface area (Å²) in [5, 5.41) is 8.71.